The summed E-state index contributed by atoms with van der Waals surface area (Å²) in [6.07, 6.45) is -1.98. The fourth-order valence-corrected chi connectivity index (χ4v) is 4.49. The van der Waals surface area contributed by atoms with E-state index in [0.717, 1.165) is 10.6 Å². The van der Waals surface area contributed by atoms with Gasteiger partial charge in [0.1, 0.15) is 12.3 Å². The summed E-state index contributed by atoms with van der Waals surface area (Å²) < 4.78 is 42.8. The van der Waals surface area contributed by atoms with Crippen molar-refractivity contribution in [2.45, 2.75) is 12.6 Å². The van der Waals surface area contributed by atoms with E-state index < -0.39 is 12.8 Å². The lowest BCUT2D eigenvalue weighted by Crippen LogP contribution is -2.49. The Kier molecular flexibility index (Phi) is 7.46. The van der Waals surface area contributed by atoms with Gasteiger partial charge in [-0.25, -0.2) is 4.68 Å². The van der Waals surface area contributed by atoms with Crippen molar-refractivity contribution in [3.63, 3.8) is 0 Å². The third-order valence-corrected chi connectivity index (χ3v) is 6.28. The molecule has 1 saturated heterocycles. The fraction of sp³-hybridized carbons (Fsp3) is 0.391. The highest BCUT2D eigenvalue weighted by Crippen LogP contribution is 2.29. The molecule has 1 aromatic carbocycles. The number of thiophene rings is 1. The SMILES string of the molecule is O=C(c1cn(-c2ccccc2)nc1-c1cccs1)N1CCN(CCCOCC(F)(F)F)CC1. The molecule has 0 saturated carbocycles. The van der Waals surface area contributed by atoms with Crippen LogP contribution in [0.25, 0.3) is 16.3 Å². The van der Waals surface area contributed by atoms with E-state index in [1.165, 1.54) is 0 Å². The summed E-state index contributed by atoms with van der Waals surface area (Å²) in [6, 6.07) is 13.6. The number of ether oxygens (including phenoxy) is 1. The molecule has 1 aliphatic heterocycles. The molecule has 0 spiro atoms. The molecule has 2 aromatic heterocycles. The van der Waals surface area contributed by atoms with Gasteiger partial charge in [-0.15, -0.1) is 11.3 Å². The first-order valence-electron chi connectivity index (χ1n) is 10.8. The molecule has 1 amide bonds. The van der Waals surface area contributed by atoms with Crippen LogP contribution in [0.5, 0.6) is 0 Å². The van der Waals surface area contributed by atoms with Gasteiger partial charge < -0.3 is 9.64 Å². The highest BCUT2D eigenvalue weighted by Gasteiger charge is 2.28. The minimum absolute atomic E-state index is 0.0614. The Bertz CT molecular complexity index is 1030. The first-order valence-corrected chi connectivity index (χ1v) is 11.6. The van der Waals surface area contributed by atoms with Crippen LogP contribution in [-0.4, -0.2) is 77.6 Å². The molecule has 1 fully saturated rings. The maximum absolute atomic E-state index is 13.4. The van der Waals surface area contributed by atoms with Crippen LogP contribution < -0.4 is 0 Å². The zero-order chi connectivity index (χ0) is 23.3. The molecule has 1 aliphatic rings. The second-order valence-corrected chi connectivity index (χ2v) is 8.75. The van der Waals surface area contributed by atoms with E-state index in [4.69, 9.17) is 5.10 Å². The predicted molar refractivity (Wildman–Crippen MR) is 121 cm³/mol. The molecule has 0 unspecified atom stereocenters. The molecule has 0 bridgehead atoms. The fourth-order valence-electron chi connectivity index (χ4n) is 3.76. The zero-order valence-corrected chi connectivity index (χ0v) is 18.8. The maximum atomic E-state index is 13.4. The number of hydrogen-bond acceptors (Lipinski definition) is 5. The minimum Gasteiger partial charge on any atom is -0.372 e. The van der Waals surface area contributed by atoms with Crippen LogP contribution in [0.4, 0.5) is 13.2 Å². The van der Waals surface area contributed by atoms with Crippen LogP contribution in [0.3, 0.4) is 0 Å². The van der Waals surface area contributed by atoms with Gasteiger partial charge in [0.15, 0.2) is 0 Å². The van der Waals surface area contributed by atoms with Gasteiger partial charge in [-0.05, 0) is 30.0 Å². The zero-order valence-electron chi connectivity index (χ0n) is 18.0. The Labute approximate surface area is 194 Å². The van der Waals surface area contributed by atoms with E-state index in [0.29, 0.717) is 50.4 Å². The molecule has 0 atom stereocenters. The number of hydrogen-bond donors (Lipinski definition) is 0. The lowest BCUT2D eigenvalue weighted by Gasteiger charge is -2.34. The Morgan fingerprint density at radius 2 is 1.82 bits per heavy atom. The molecule has 33 heavy (non-hydrogen) atoms. The van der Waals surface area contributed by atoms with Crippen molar-refractivity contribution in [3.05, 3.63) is 59.6 Å². The van der Waals surface area contributed by atoms with E-state index in [1.54, 1.807) is 22.2 Å². The second-order valence-electron chi connectivity index (χ2n) is 7.80. The van der Waals surface area contributed by atoms with Gasteiger partial charge in [0.25, 0.3) is 5.91 Å². The largest absolute Gasteiger partial charge is 0.411 e. The topological polar surface area (TPSA) is 50.6 Å². The van der Waals surface area contributed by atoms with Crippen molar-refractivity contribution in [1.29, 1.82) is 0 Å². The molecule has 0 radical (unpaired) electrons. The molecular formula is C23H25F3N4O2S. The summed E-state index contributed by atoms with van der Waals surface area (Å²) in [7, 11) is 0. The third-order valence-electron chi connectivity index (χ3n) is 5.41. The van der Waals surface area contributed by atoms with Crippen molar-refractivity contribution in [3.8, 4) is 16.3 Å². The van der Waals surface area contributed by atoms with Crippen molar-refractivity contribution in [2.24, 2.45) is 0 Å². The van der Waals surface area contributed by atoms with Crippen LogP contribution in [0.15, 0.2) is 54.0 Å². The molecule has 3 heterocycles. The van der Waals surface area contributed by atoms with Crippen molar-refractivity contribution >= 4 is 17.2 Å². The molecule has 4 rings (SSSR count). The highest BCUT2D eigenvalue weighted by molar-refractivity contribution is 7.13. The summed E-state index contributed by atoms with van der Waals surface area (Å²) in [4.78, 5) is 18.3. The predicted octanol–water partition coefficient (Wildman–Crippen LogP) is 4.33. The summed E-state index contributed by atoms with van der Waals surface area (Å²) in [6.45, 7) is 1.97. The molecule has 6 nitrogen and oxygen atoms in total. The van der Waals surface area contributed by atoms with Crippen LogP contribution in [0, 0.1) is 0 Å². The lowest BCUT2D eigenvalue weighted by molar-refractivity contribution is -0.174. The number of halogens is 3. The molecule has 176 valence electrons. The van der Waals surface area contributed by atoms with Gasteiger partial charge in [-0.1, -0.05) is 24.3 Å². The van der Waals surface area contributed by atoms with Crippen molar-refractivity contribution in [2.75, 3.05) is 45.9 Å². The summed E-state index contributed by atoms with van der Waals surface area (Å²) in [5.74, 6) is -0.0614. The van der Waals surface area contributed by atoms with Crippen LogP contribution in [0.1, 0.15) is 16.8 Å². The van der Waals surface area contributed by atoms with Gasteiger partial charge in [0, 0.05) is 45.5 Å². The van der Waals surface area contributed by atoms with Crippen molar-refractivity contribution < 1.29 is 22.7 Å². The van der Waals surface area contributed by atoms with Gasteiger partial charge in [0.05, 0.1) is 16.1 Å². The Hall–Kier alpha value is -2.69. The standard InChI is InChI=1S/C23H25F3N4O2S/c24-23(25,26)17-32-14-5-9-28-10-12-29(13-11-28)22(31)19-16-30(18-6-2-1-3-7-18)27-21(19)20-8-4-15-33-20/h1-4,6-8,15-16H,5,9-14,17H2. The summed E-state index contributed by atoms with van der Waals surface area (Å²) in [5.41, 5.74) is 2.12. The second kappa shape index (κ2) is 10.5. The molecule has 0 aliphatic carbocycles. The number of carbonyl (C=O) groups is 1. The number of amides is 1. The van der Waals surface area contributed by atoms with E-state index in [9.17, 15) is 18.0 Å². The van der Waals surface area contributed by atoms with Crippen LogP contribution in [-0.2, 0) is 4.74 Å². The molecule has 0 N–H and O–H groups in total. The molecule has 10 heteroatoms. The Morgan fingerprint density at radius 3 is 2.48 bits per heavy atom. The van der Waals surface area contributed by atoms with Crippen LogP contribution >= 0.6 is 11.3 Å². The number of carbonyl (C=O) groups excluding carboxylic acids is 1. The van der Waals surface area contributed by atoms with E-state index in [-0.39, 0.29) is 12.5 Å². The van der Waals surface area contributed by atoms with Gasteiger partial charge in [0.2, 0.25) is 0 Å². The maximum Gasteiger partial charge on any atom is 0.411 e. The quantitative estimate of drug-likeness (QED) is 0.453. The van der Waals surface area contributed by atoms with E-state index in [1.807, 2.05) is 52.7 Å². The highest BCUT2D eigenvalue weighted by atomic mass is 32.1. The Morgan fingerprint density at radius 1 is 1.06 bits per heavy atom. The lowest BCUT2D eigenvalue weighted by atomic mass is 10.1. The average Bonchev–Trinajstić information content (AvgIpc) is 3.49. The van der Waals surface area contributed by atoms with E-state index in [2.05, 4.69) is 9.64 Å². The van der Waals surface area contributed by atoms with Crippen molar-refractivity contribution in [1.82, 2.24) is 19.6 Å². The van der Waals surface area contributed by atoms with E-state index >= 15 is 0 Å². The minimum atomic E-state index is -4.29. The number of rotatable bonds is 8. The van der Waals surface area contributed by atoms with Gasteiger partial charge in [-0.2, -0.15) is 18.3 Å². The smallest absolute Gasteiger partial charge is 0.372 e. The monoisotopic (exact) mass is 478 g/mol. The average molecular weight is 479 g/mol. The van der Waals surface area contributed by atoms with Crippen LogP contribution in [0.2, 0.25) is 0 Å². The number of alkyl halides is 3. The first-order chi connectivity index (χ1) is 15.9. The number of nitrogens with zero attached hydrogens (tertiary/aromatic N) is 4. The molecule has 3 aromatic rings. The number of piperazine rings is 1. The van der Waals surface area contributed by atoms with Gasteiger partial charge >= 0.3 is 6.18 Å². The summed E-state index contributed by atoms with van der Waals surface area (Å²) >= 11 is 1.54. The number of benzene rings is 1. The van der Waals surface area contributed by atoms with Gasteiger partial charge in [-0.3, -0.25) is 9.69 Å². The normalized spacial score (nSPS) is 15.2. The summed E-state index contributed by atoms with van der Waals surface area (Å²) in [5, 5.41) is 6.66. The molecular weight excluding hydrogens is 453 g/mol. The Balaban J connectivity index is 1.37. The number of para-hydroxylation sites is 1. The number of aromatic nitrogens is 2. The first kappa shape index (κ1) is 23.5. The third kappa shape index (κ3) is 6.21.